The van der Waals surface area contributed by atoms with Crippen LogP contribution in [0.15, 0.2) is 42.5 Å². The third kappa shape index (κ3) is 4.53. The third-order valence-electron chi connectivity index (χ3n) is 2.74. The molecular weight excluding hydrogens is 294 g/mol. The average Bonchev–Trinajstić information content (AvgIpc) is 2.55. The van der Waals surface area contributed by atoms with E-state index in [1.54, 1.807) is 61.2 Å². The van der Waals surface area contributed by atoms with E-state index in [1.165, 1.54) is 6.07 Å². The minimum Gasteiger partial charge on any atom is -0.388 e. The second-order valence-electron chi connectivity index (χ2n) is 4.22. The van der Waals surface area contributed by atoms with E-state index in [1.807, 2.05) is 6.08 Å². The van der Waals surface area contributed by atoms with Crippen LogP contribution in [-0.4, -0.2) is 0 Å². The van der Waals surface area contributed by atoms with Crippen LogP contribution in [0.1, 0.15) is 11.1 Å². The summed E-state index contributed by atoms with van der Waals surface area (Å²) in [5.41, 5.74) is 1.57. The second kappa shape index (κ2) is 7.73. The van der Waals surface area contributed by atoms with Crippen molar-refractivity contribution in [2.75, 3.05) is 0 Å². The molecule has 0 unspecified atom stereocenters. The number of nitrogens with zero attached hydrogens (tertiary/aromatic N) is 3. The van der Waals surface area contributed by atoms with Gasteiger partial charge in [0.1, 0.15) is 17.2 Å². The number of benzene rings is 2. The lowest BCUT2D eigenvalue weighted by Crippen LogP contribution is -1.87. The molecule has 0 radical (unpaired) electrons. The second-order valence-corrected chi connectivity index (χ2v) is 4.22. The predicted octanol–water partition coefficient (Wildman–Crippen LogP) is 3.44. The number of nitriles is 3. The summed E-state index contributed by atoms with van der Waals surface area (Å²) in [6.07, 6.45) is 8.33. The van der Waals surface area contributed by atoms with E-state index in [0.717, 1.165) is 5.56 Å². The Balaban J connectivity index is 2.22. The Labute approximate surface area is 132 Å². The van der Waals surface area contributed by atoms with Crippen molar-refractivity contribution in [3.63, 3.8) is 0 Å². The smallest absolute Gasteiger partial charge is 0.292 e. The Morgan fingerprint density at radius 3 is 1.61 bits per heavy atom. The lowest BCUT2D eigenvalue weighted by molar-refractivity contribution is 0.483. The number of hydrogen-bond donors (Lipinski definition) is 0. The highest BCUT2D eigenvalue weighted by atomic mass is 16.5. The molecule has 2 aromatic carbocycles. The van der Waals surface area contributed by atoms with E-state index in [4.69, 9.17) is 30.0 Å². The fourth-order valence-electron chi connectivity index (χ4n) is 1.81. The first-order valence-electron chi connectivity index (χ1n) is 6.36. The van der Waals surface area contributed by atoms with Crippen molar-refractivity contribution in [2.45, 2.75) is 0 Å². The molecule has 0 N–H and O–H groups in total. The minimum absolute atomic E-state index is 0.276. The lowest BCUT2D eigenvalue weighted by Gasteiger charge is -2.02. The molecule has 0 heterocycles. The van der Waals surface area contributed by atoms with Gasteiger partial charge in [0, 0.05) is 6.07 Å². The van der Waals surface area contributed by atoms with Crippen LogP contribution in [0.5, 0.6) is 17.2 Å². The molecule has 2 aromatic rings. The highest BCUT2D eigenvalue weighted by Gasteiger charge is 2.02. The summed E-state index contributed by atoms with van der Waals surface area (Å²) in [7, 11) is 0. The Bertz CT molecular complexity index is 803. The predicted molar refractivity (Wildman–Crippen MR) is 80.5 cm³/mol. The third-order valence-corrected chi connectivity index (χ3v) is 2.74. The summed E-state index contributed by atoms with van der Waals surface area (Å²) in [5, 5.41) is 25.6. The summed E-state index contributed by atoms with van der Waals surface area (Å²) in [6, 6.07) is 11.6. The van der Waals surface area contributed by atoms with Crippen LogP contribution in [0, 0.1) is 34.6 Å². The molecule has 6 heteroatoms. The van der Waals surface area contributed by atoms with E-state index in [0.29, 0.717) is 11.3 Å². The molecule has 0 amide bonds. The van der Waals surface area contributed by atoms with Gasteiger partial charge in [0.25, 0.3) is 18.8 Å². The summed E-state index contributed by atoms with van der Waals surface area (Å²) in [5.74, 6) is 1.01. The van der Waals surface area contributed by atoms with Gasteiger partial charge in [-0.05, 0) is 35.4 Å². The Kier molecular flexibility index (Phi) is 5.19. The van der Waals surface area contributed by atoms with E-state index in [2.05, 4.69) is 0 Å². The average molecular weight is 303 g/mol. The molecule has 0 saturated heterocycles. The van der Waals surface area contributed by atoms with Crippen molar-refractivity contribution < 1.29 is 14.2 Å². The molecule has 0 saturated carbocycles. The van der Waals surface area contributed by atoms with Gasteiger partial charge in [-0.15, -0.1) is 15.8 Å². The molecule has 23 heavy (non-hydrogen) atoms. The van der Waals surface area contributed by atoms with Crippen LogP contribution in [0.2, 0.25) is 0 Å². The topological polar surface area (TPSA) is 99.1 Å². The molecule has 6 nitrogen and oxygen atoms in total. The van der Waals surface area contributed by atoms with E-state index < -0.39 is 0 Å². The number of hydrogen-bond acceptors (Lipinski definition) is 6. The van der Waals surface area contributed by atoms with Crippen molar-refractivity contribution in [3.8, 4) is 36.0 Å². The molecule has 0 aromatic heterocycles. The molecule has 0 atom stereocenters. The van der Waals surface area contributed by atoms with Crippen LogP contribution in [0.4, 0.5) is 0 Å². The van der Waals surface area contributed by atoms with Gasteiger partial charge in [-0.3, -0.25) is 0 Å². The zero-order chi connectivity index (χ0) is 16.5. The first-order chi connectivity index (χ1) is 11.2. The molecule has 0 spiro atoms. The SMILES string of the molecule is N#COc1ccc(C=Cc2cc(OC#N)cc(OC#N)c2)cc1. The maximum absolute atomic E-state index is 8.58. The fourth-order valence-corrected chi connectivity index (χ4v) is 1.81. The number of ether oxygens (including phenoxy) is 3. The van der Waals surface area contributed by atoms with Crippen LogP contribution in [0.25, 0.3) is 12.2 Å². The maximum atomic E-state index is 8.58. The van der Waals surface area contributed by atoms with E-state index in [9.17, 15) is 0 Å². The van der Waals surface area contributed by atoms with Crippen molar-refractivity contribution >= 4 is 12.2 Å². The molecule has 0 aliphatic carbocycles. The van der Waals surface area contributed by atoms with E-state index in [-0.39, 0.29) is 11.5 Å². The molecule has 0 aliphatic heterocycles. The molecule has 0 aliphatic rings. The standard InChI is InChI=1S/C17H9N3O3/c18-10-21-15-5-3-13(4-6-15)1-2-14-7-16(22-11-19)9-17(8-14)23-12-20/h1-9H. The highest BCUT2D eigenvalue weighted by molar-refractivity contribution is 5.71. The lowest BCUT2D eigenvalue weighted by atomic mass is 10.1. The highest BCUT2D eigenvalue weighted by Crippen LogP contribution is 2.24. The molecule has 0 fully saturated rings. The number of rotatable bonds is 5. The van der Waals surface area contributed by atoms with Crippen molar-refractivity contribution in [3.05, 3.63) is 53.6 Å². The van der Waals surface area contributed by atoms with Gasteiger partial charge in [-0.25, -0.2) is 0 Å². The molecular formula is C17H9N3O3. The Morgan fingerprint density at radius 2 is 1.09 bits per heavy atom. The van der Waals surface area contributed by atoms with Crippen LogP contribution in [0.3, 0.4) is 0 Å². The monoisotopic (exact) mass is 303 g/mol. The quantitative estimate of drug-likeness (QED) is 0.619. The fraction of sp³-hybridized carbons (Fsp3) is 0. The van der Waals surface area contributed by atoms with Gasteiger partial charge in [-0.2, -0.15) is 0 Å². The summed E-state index contributed by atoms with van der Waals surface area (Å²) < 4.78 is 14.2. The maximum Gasteiger partial charge on any atom is 0.292 e. The summed E-state index contributed by atoms with van der Waals surface area (Å²) in [4.78, 5) is 0. The largest absolute Gasteiger partial charge is 0.388 e. The van der Waals surface area contributed by atoms with Crippen molar-refractivity contribution in [1.82, 2.24) is 0 Å². The van der Waals surface area contributed by atoms with E-state index >= 15 is 0 Å². The van der Waals surface area contributed by atoms with Crippen LogP contribution >= 0.6 is 0 Å². The Hall–Kier alpha value is -3.95. The van der Waals surface area contributed by atoms with Gasteiger partial charge in [-0.1, -0.05) is 24.3 Å². The van der Waals surface area contributed by atoms with Crippen molar-refractivity contribution in [2.24, 2.45) is 0 Å². The van der Waals surface area contributed by atoms with Gasteiger partial charge in [0.15, 0.2) is 0 Å². The summed E-state index contributed by atoms with van der Waals surface area (Å²) >= 11 is 0. The van der Waals surface area contributed by atoms with Crippen LogP contribution < -0.4 is 14.2 Å². The Morgan fingerprint density at radius 1 is 0.609 bits per heavy atom. The van der Waals surface area contributed by atoms with Gasteiger partial charge in [0.2, 0.25) is 0 Å². The molecule has 110 valence electrons. The van der Waals surface area contributed by atoms with Gasteiger partial charge < -0.3 is 14.2 Å². The van der Waals surface area contributed by atoms with Gasteiger partial charge in [0.05, 0.1) is 0 Å². The van der Waals surface area contributed by atoms with Gasteiger partial charge >= 0.3 is 0 Å². The zero-order valence-electron chi connectivity index (χ0n) is 11.8. The zero-order valence-corrected chi connectivity index (χ0v) is 11.8. The van der Waals surface area contributed by atoms with Crippen molar-refractivity contribution in [1.29, 1.82) is 15.8 Å². The van der Waals surface area contributed by atoms with Crippen LogP contribution in [-0.2, 0) is 0 Å². The molecule has 0 bridgehead atoms. The minimum atomic E-state index is 0.276. The first kappa shape index (κ1) is 15.4. The molecule has 2 rings (SSSR count). The summed E-state index contributed by atoms with van der Waals surface area (Å²) in [6.45, 7) is 0. The first-order valence-corrected chi connectivity index (χ1v) is 6.36. The normalized spacial score (nSPS) is 9.43.